The zero-order valence-corrected chi connectivity index (χ0v) is 19.5. The van der Waals surface area contributed by atoms with E-state index in [4.69, 9.17) is 0 Å². The summed E-state index contributed by atoms with van der Waals surface area (Å²) in [5, 5.41) is 1.44. The molecule has 0 aliphatic heterocycles. The average Bonchev–Trinajstić information content (AvgIpc) is 3.30. The minimum absolute atomic E-state index is 0.0496. The van der Waals surface area contributed by atoms with Crippen molar-refractivity contribution >= 4 is 27.7 Å². The van der Waals surface area contributed by atoms with Gasteiger partial charge in [-0.05, 0) is 41.8 Å². The van der Waals surface area contributed by atoms with Crippen LogP contribution in [-0.4, -0.2) is 30.7 Å². The Morgan fingerprint density at radius 2 is 1.81 bits per heavy atom. The van der Waals surface area contributed by atoms with Crippen molar-refractivity contribution in [3.8, 4) is 22.4 Å². The van der Waals surface area contributed by atoms with Gasteiger partial charge in [0, 0.05) is 58.5 Å². The van der Waals surface area contributed by atoms with Crippen LogP contribution in [0.25, 0.3) is 44.3 Å². The molecule has 1 aromatic carbocycles. The Kier molecular flexibility index (Phi) is 5.61. The number of nitrogens with zero attached hydrogens (tertiary/aromatic N) is 3. The zero-order chi connectivity index (χ0) is 25.4. The van der Waals surface area contributed by atoms with E-state index in [-0.39, 0.29) is 17.8 Å². The largest absolute Gasteiger partial charge is 0.338 e. The monoisotopic (exact) mass is 489 g/mol. The van der Waals surface area contributed by atoms with Crippen LogP contribution in [0, 0.1) is 5.82 Å². The lowest BCUT2D eigenvalue weighted by molar-refractivity contribution is 0.0983. The maximum Gasteiger partial charge on any atom is 0.248 e. The number of pyridine rings is 4. The lowest BCUT2D eigenvalue weighted by Crippen LogP contribution is -2.06. The minimum atomic E-state index is -0.457. The lowest BCUT2D eigenvalue weighted by atomic mass is 9.97. The molecule has 8 heteroatoms. The highest BCUT2D eigenvalue weighted by molar-refractivity contribution is 6.13. The second-order valence-corrected chi connectivity index (χ2v) is 8.75. The summed E-state index contributed by atoms with van der Waals surface area (Å²) in [7, 11) is 0. The van der Waals surface area contributed by atoms with Crippen LogP contribution < -0.4 is 5.56 Å². The fourth-order valence-corrected chi connectivity index (χ4v) is 4.56. The van der Waals surface area contributed by atoms with Gasteiger partial charge < -0.3 is 9.97 Å². The third-order valence-electron chi connectivity index (χ3n) is 6.39. The van der Waals surface area contributed by atoms with Crippen molar-refractivity contribution in [1.82, 2.24) is 24.9 Å². The second-order valence-electron chi connectivity index (χ2n) is 8.75. The van der Waals surface area contributed by atoms with E-state index in [0.29, 0.717) is 34.1 Å². The SMILES string of the molecule is O=C(CCc1cc[nH]c(=O)c1)c1ccc(-c2c(F)cnc3[nH]c4cnc(-c5cccnc5)cc4c23)cc1. The molecule has 0 fully saturated rings. The van der Waals surface area contributed by atoms with Crippen LogP contribution in [-0.2, 0) is 6.42 Å². The highest BCUT2D eigenvalue weighted by Gasteiger charge is 2.18. The van der Waals surface area contributed by atoms with Gasteiger partial charge in [0.15, 0.2) is 5.78 Å². The number of aryl methyl sites for hydroxylation is 1. The molecule has 0 unspecified atom stereocenters. The van der Waals surface area contributed by atoms with Crippen LogP contribution in [0.1, 0.15) is 22.3 Å². The maximum absolute atomic E-state index is 15.2. The molecule has 7 nitrogen and oxygen atoms in total. The third-order valence-corrected chi connectivity index (χ3v) is 6.39. The summed E-state index contributed by atoms with van der Waals surface area (Å²) in [5.41, 5.74) is 5.05. The van der Waals surface area contributed by atoms with Crippen LogP contribution in [0.3, 0.4) is 0 Å². The molecule has 5 heterocycles. The van der Waals surface area contributed by atoms with E-state index >= 15 is 4.39 Å². The molecule has 0 amide bonds. The molecule has 0 saturated carbocycles. The molecule has 0 bridgehead atoms. The molecular weight excluding hydrogens is 469 g/mol. The van der Waals surface area contributed by atoms with E-state index < -0.39 is 5.82 Å². The summed E-state index contributed by atoms with van der Waals surface area (Å²) < 4.78 is 15.2. The van der Waals surface area contributed by atoms with Gasteiger partial charge in [-0.1, -0.05) is 24.3 Å². The van der Waals surface area contributed by atoms with Gasteiger partial charge in [-0.15, -0.1) is 0 Å². The van der Waals surface area contributed by atoms with Gasteiger partial charge in [-0.3, -0.25) is 19.6 Å². The number of halogens is 1. The molecule has 2 N–H and O–H groups in total. The second kappa shape index (κ2) is 9.23. The first-order valence-corrected chi connectivity index (χ1v) is 11.7. The summed E-state index contributed by atoms with van der Waals surface area (Å²) in [6, 6.07) is 15.9. The summed E-state index contributed by atoms with van der Waals surface area (Å²) in [5.74, 6) is -0.507. The first kappa shape index (κ1) is 22.5. The fraction of sp³-hybridized carbons (Fsp3) is 0.0690. The Morgan fingerprint density at radius 1 is 0.946 bits per heavy atom. The van der Waals surface area contributed by atoms with E-state index in [1.54, 1.807) is 55.1 Å². The number of hydrogen-bond acceptors (Lipinski definition) is 5. The van der Waals surface area contributed by atoms with Gasteiger partial charge in [-0.2, -0.15) is 0 Å². The Labute approximate surface area is 210 Å². The molecule has 5 aromatic heterocycles. The van der Waals surface area contributed by atoms with Crippen molar-refractivity contribution < 1.29 is 9.18 Å². The fourth-order valence-electron chi connectivity index (χ4n) is 4.56. The van der Waals surface area contributed by atoms with Gasteiger partial charge in [0.25, 0.3) is 0 Å². The van der Waals surface area contributed by atoms with Crippen LogP contribution in [0.4, 0.5) is 4.39 Å². The van der Waals surface area contributed by atoms with Gasteiger partial charge >= 0.3 is 0 Å². The number of carbonyl (C=O) groups is 1. The number of benzene rings is 1. The van der Waals surface area contributed by atoms with E-state index in [0.717, 1.165) is 27.7 Å². The number of aromatic amines is 2. The van der Waals surface area contributed by atoms with E-state index in [1.807, 2.05) is 18.2 Å². The minimum Gasteiger partial charge on any atom is -0.338 e. The summed E-state index contributed by atoms with van der Waals surface area (Å²) >= 11 is 0. The highest BCUT2D eigenvalue weighted by atomic mass is 19.1. The number of hydrogen-bond donors (Lipinski definition) is 2. The number of H-pyrrole nitrogens is 2. The van der Waals surface area contributed by atoms with Crippen LogP contribution in [0.15, 0.2) is 90.4 Å². The Hall–Kier alpha value is -4.98. The molecule has 0 spiro atoms. The average molecular weight is 490 g/mol. The maximum atomic E-state index is 15.2. The molecule has 6 rings (SSSR count). The molecule has 6 aromatic rings. The number of carbonyl (C=O) groups excluding carboxylic acids is 1. The van der Waals surface area contributed by atoms with Gasteiger partial charge in [-0.25, -0.2) is 9.37 Å². The number of ketones is 1. The Balaban J connectivity index is 1.36. The summed E-state index contributed by atoms with van der Waals surface area (Å²) in [4.78, 5) is 43.0. The Bertz CT molecular complexity index is 1830. The first-order chi connectivity index (χ1) is 18.1. The quantitative estimate of drug-likeness (QED) is 0.301. The third kappa shape index (κ3) is 4.29. The number of rotatable bonds is 6. The molecule has 0 saturated heterocycles. The molecular formula is C29H20FN5O2. The number of aromatic nitrogens is 5. The molecule has 0 radical (unpaired) electrons. The topological polar surface area (TPSA) is 104 Å². The lowest BCUT2D eigenvalue weighted by Gasteiger charge is -2.08. The number of fused-ring (bicyclic) bond motifs is 3. The number of nitrogens with one attached hydrogen (secondary N) is 2. The predicted octanol–water partition coefficient (Wildman–Crippen LogP) is 5.48. The summed E-state index contributed by atoms with van der Waals surface area (Å²) in [6.07, 6.45) is 8.64. The predicted molar refractivity (Wildman–Crippen MR) is 140 cm³/mol. The van der Waals surface area contributed by atoms with E-state index in [9.17, 15) is 9.59 Å². The zero-order valence-electron chi connectivity index (χ0n) is 19.5. The van der Waals surface area contributed by atoms with Crippen molar-refractivity contribution in [2.45, 2.75) is 12.8 Å². The van der Waals surface area contributed by atoms with E-state index in [1.165, 1.54) is 12.3 Å². The van der Waals surface area contributed by atoms with Crippen molar-refractivity contribution in [1.29, 1.82) is 0 Å². The van der Waals surface area contributed by atoms with Crippen molar-refractivity contribution in [2.75, 3.05) is 0 Å². The van der Waals surface area contributed by atoms with Gasteiger partial charge in [0.2, 0.25) is 5.56 Å². The first-order valence-electron chi connectivity index (χ1n) is 11.7. The van der Waals surface area contributed by atoms with E-state index in [2.05, 4.69) is 24.9 Å². The normalized spacial score (nSPS) is 11.3. The smallest absolute Gasteiger partial charge is 0.248 e. The van der Waals surface area contributed by atoms with Crippen molar-refractivity contribution in [2.24, 2.45) is 0 Å². The number of Topliss-reactive ketones (excluding diaryl/α,β-unsaturated/α-hetero) is 1. The highest BCUT2D eigenvalue weighted by Crippen LogP contribution is 2.36. The van der Waals surface area contributed by atoms with Crippen LogP contribution in [0.5, 0.6) is 0 Å². The summed E-state index contributed by atoms with van der Waals surface area (Å²) in [6.45, 7) is 0. The molecule has 180 valence electrons. The molecule has 0 aliphatic rings. The molecule has 37 heavy (non-hydrogen) atoms. The molecule has 0 atom stereocenters. The van der Waals surface area contributed by atoms with Gasteiger partial charge in [0.1, 0.15) is 11.5 Å². The van der Waals surface area contributed by atoms with Gasteiger partial charge in [0.05, 0.1) is 23.6 Å². The Morgan fingerprint density at radius 3 is 2.59 bits per heavy atom. The van der Waals surface area contributed by atoms with Crippen molar-refractivity contribution in [3.63, 3.8) is 0 Å². The van der Waals surface area contributed by atoms with Crippen molar-refractivity contribution in [3.05, 3.63) is 113 Å². The van der Waals surface area contributed by atoms with Crippen LogP contribution >= 0.6 is 0 Å². The standard InChI is InChI=1S/C29H20FN5O2/c30-22-15-34-29-28(21-13-23(33-16-24(21)35-29)20-2-1-10-31-14-20)27(22)19-6-4-18(5-7-19)25(36)8-3-17-9-11-32-26(37)12-17/h1-2,4-7,9-16H,3,8H2,(H,32,37)(H,34,35). The molecule has 0 aliphatic carbocycles. The van der Waals surface area contributed by atoms with Crippen LogP contribution in [0.2, 0.25) is 0 Å².